The molecule has 1 heterocycles. The number of amides is 1. The maximum Gasteiger partial charge on any atom is 0.266 e. The van der Waals surface area contributed by atoms with Crippen molar-refractivity contribution in [3.05, 3.63) is 75.6 Å². The van der Waals surface area contributed by atoms with Crippen LogP contribution in [0.5, 0.6) is 0 Å². The molecule has 1 N–H and O–H groups in total. The molecule has 2 aromatic carbocycles. The predicted octanol–water partition coefficient (Wildman–Crippen LogP) is 4.97. The van der Waals surface area contributed by atoms with E-state index in [1.165, 1.54) is 17.4 Å². The summed E-state index contributed by atoms with van der Waals surface area (Å²) in [7, 11) is 0. The number of carbonyl (C=O) groups is 1. The smallest absolute Gasteiger partial charge is 0.266 e. The molecule has 0 aliphatic carbocycles. The number of hydrogen-bond acceptors (Lipinski definition) is 4. The molecule has 5 heteroatoms. The van der Waals surface area contributed by atoms with Gasteiger partial charge in [-0.1, -0.05) is 42.5 Å². The van der Waals surface area contributed by atoms with Crippen LogP contribution < -0.4 is 5.32 Å². The highest BCUT2D eigenvalue weighted by Crippen LogP contribution is 2.24. The molecule has 0 radical (unpaired) electrons. The minimum Gasteiger partial charge on any atom is -0.321 e. The normalized spacial score (nSPS) is 11.0. The van der Waals surface area contributed by atoms with Gasteiger partial charge in [0.1, 0.15) is 16.6 Å². The maximum atomic E-state index is 12.5. The van der Waals surface area contributed by atoms with Gasteiger partial charge in [-0.25, -0.2) is 4.98 Å². The van der Waals surface area contributed by atoms with Gasteiger partial charge in [-0.05, 0) is 37.1 Å². The minimum atomic E-state index is -0.433. The van der Waals surface area contributed by atoms with Crippen LogP contribution in [0.1, 0.15) is 16.1 Å². The lowest BCUT2D eigenvalue weighted by Gasteiger charge is -2.09. The number of nitrogens with one attached hydrogen (secondary N) is 1. The summed E-state index contributed by atoms with van der Waals surface area (Å²) in [6.07, 6.45) is 1.53. The van der Waals surface area contributed by atoms with E-state index in [0.29, 0.717) is 10.7 Å². The number of nitrogens with zero attached hydrogens (tertiary/aromatic N) is 2. The van der Waals surface area contributed by atoms with E-state index < -0.39 is 5.91 Å². The van der Waals surface area contributed by atoms with Crippen molar-refractivity contribution in [2.24, 2.45) is 0 Å². The minimum absolute atomic E-state index is 0.0277. The Labute approximate surface area is 156 Å². The molecule has 3 rings (SSSR count). The number of carbonyl (C=O) groups excluding carboxylic acids is 1. The van der Waals surface area contributed by atoms with Crippen LogP contribution in [0.2, 0.25) is 0 Å². The van der Waals surface area contributed by atoms with E-state index >= 15 is 0 Å². The Balaban J connectivity index is 1.82. The van der Waals surface area contributed by atoms with Crippen molar-refractivity contribution >= 4 is 29.0 Å². The van der Waals surface area contributed by atoms with Gasteiger partial charge in [0.05, 0.1) is 5.69 Å². The summed E-state index contributed by atoms with van der Waals surface area (Å²) >= 11 is 1.40. The van der Waals surface area contributed by atoms with E-state index in [1.54, 1.807) is 0 Å². The van der Waals surface area contributed by atoms with Crippen LogP contribution in [-0.2, 0) is 4.79 Å². The summed E-state index contributed by atoms with van der Waals surface area (Å²) in [4.78, 5) is 17.0. The number of rotatable bonds is 4. The van der Waals surface area contributed by atoms with E-state index in [1.807, 2.05) is 73.8 Å². The first-order chi connectivity index (χ1) is 12.6. The average molecular weight is 359 g/mol. The van der Waals surface area contributed by atoms with E-state index in [-0.39, 0.29) is 5.57 Å². The van der Waals surface area contributed by atoms with Crippen LogP contribution in [0.15, 0.2) is 59.5 Å². The summed E-state index contributed by atoms with van der Waals surface area (Å²) in [5.41, 5.74) is 4.63. The topological polar surface area (TPSA) is 65.8 Å². The highest BCUT2D eigenvalue weighted by atomic mass is 32.1. The van der Waals surface area contributed by atoms with Gasteiger partial charge < -0.3 is 5.32 Å². The molecule has 128 valence electrons. The van der Waals surface area contributed by atoms with Crippen molar-refractivity contribution in [3.63, 3.8) is 0 Å². The molecule has 0 saturated heterocycles. The Bertz CT molecular complexity index is 1010. The summed E-state index contributed by atoms with van der Waals surface area (Å²) in [5, 5.41) is 14.7. The third-order valence-corrected chi connectivity index (χ3v) is 4.87. The van der Waals surface area contributed by atoms with Gasteiger partial charge >= 0.3 is 0 Å². The van der Waals surface area contributed by atoms with E-state index in [0.717, 1.165) is 22.4 Å². The molecule has 0 spiro atoms. The zero-order valence-electron chi connectivity index (χ0n) is 14.5. The number of hydrogen-bond donors (Lipinski definition) is 1. The lowest BCUT2D eigenvalue weighted by Crippen LogP contribution is -2.14. The molecule has 0 fully saturated rings. The molecule has 0 aliphatic heterocycles. The average Bonchev–Trinajstić information content (AvgIpc) is 3.13. The Kier molecular flexibility index (Phi) is 5.26. The fourth-order valence-electron chi connectivity index (χ4n) is 2.44. The third-order valence-electron chi connectivity index (χ3n) is 4.08. The molecule has 0 aliphatic rings. The molecule has 0 bridgehead atoms. The van der Waals surface area contributed by atoms with Crippen molar-refractivity contribution in [2.45, 2.75) is 13.8 Å². The molecule has 26 heavy (non-hydrogen) atoms. The monoisotopic (exact) mass is 359 g/mol. The first kappa shape index (κ1) is 17.6. The molecule has 4 nitrogen and oxygen atoms in total. The van der Waals surface area contributed by atoms with Gasteiger partial charge in [0.15, 0.2) is 0 Å². The molecular weight excluding hydrogens is 342 g/mol. The fraction of sp³-hybridized carbons (Fsp3) is 0.0952. The van der Waals surface area contributed by atoms with Crippen LogP contribution in [-0.4, -0.2) is 10.9 Å². The summed E-state index contributed by atoms with van der Waals surface area (Å²) in [6.45, 7) is 3.92. The number of anilines is 1. The van der Waals surface area contributed by atoms with Crippen LogP contribution in [0.25, 0.3) is 17.3 Å². The van der Waals surface area contributed by atoms with Crippen LogP contribution in [0.3, 0.4) is 0 Å². The summed E-state index contributed by atoms with van der Waals surface area (Å²) in [6, 6.07) is 17.4. The van der Waals surface area contributed by atoms with E-state index in [2.05, 4.69) is 10.3 Å². The lowest BCUT2D eigenvalue weighted by atomic mass is 10.1. The standard InChI is InChI=1S/C21H17N3OS/c1-14-7-6-10-18(15(14)2)24-21(25)17(12-22)11-20-23-19(13-26-20)16-8-4-3-5-9-16/h3-11,13H,1-2H3,(H,24,25)/b17-11-. The second-order valence-corrected chi connectivity index (χ2v) is 6.70. The Morgan fingerprint density at radius 1 is 1.15 bits per heavy atom. The van der Waals surface area contributed by atoms with E-state index in [4.69, 9.17) is 0 Å². The zero-order valence-corrected chi connectivity index (χ0v) is 15.3. The van der Waals surface area contributed by atoms with Crippen LogP contribution >= 0.6 is 11.3 Å². The molecule has 1 aromatic heterocycles. The van der Waals surface area contributed by atoms with E-state index in [9.17, 15) is 10.1 Å². The molecule has 0 saturated carbocycles. The van der Waals surface area contributed by atoms with Crippen molar-refractivity contribution in [3.8, 4) is 17.3 Å². The second kappa shape index (κ2) is 7.77. The molecule has 3 aromatic rings. The van der Waals surface area contributed by atoms with Crippen molar-refractivity contribution in [1.29, 1.82) is 5.26 Å². The Morgan fingerprint density at radius 2 is 1.92 bits per heavy atom. The first-order valence-electron chi connectivity index (χ1n) is 8.09. The number of nitriles is 1. The fourth-order valence-corrected chi connectivity index (χ4v) is 3.20. The maximum absolute atomic E-state index is 12.5. The quantitative estimate of drug-likeness (QED) is 0.528. The van der Waals surface area contributed by atoms with Gasteiger partial charge in [-0.2, -0.15) is 5.26 Å². The van der Waals surface area contributed by atoms with Crippen molar-refractivity contribution < 1.29 is 4.79 Å². The number of benzene rings is 2. The Hall–Kier alpha value is -3.23. The molecule has 0 unspecified atom stereocenters. The summed E-state index contributed by atoms with van der Waals surface area (Å²) in [5.74, 6) is -0.433. The SMILES string of the molecule is Cc1cccc(NC(=O)/C(C#N)=C\c2nc(-c3ccccc3)cs2)c1C. The zero-order chi connectivity index (χ0) is 18.5. The molecular formula is C21H17N3OS. The number of thiazole rings is 1. The first-order valence-corrected chi connectivity index (χ1v) is 8.97. The largest absolute Gasteiger partial charge is 0.321 e. The number of aromatic nitrogens is 1. The lowest BCUT2D eigenvalue weighted by molar-refractivity contribution is -0.112. The molecule has 0 atom stereocenters. The van der Waals surface area contributed by atoms with Gasteiger partial charge in [0.25, 0.3) is 5.91 Å². The highest BCUT2D eigenvalue weighted by Gasteiger charge is 2.13. The van der Waals surface area contributed by atoms with Crippen LogP contribution in [0, 0.1) is 25.2 Å². The Morgan fingerprint density at radius 3 is 2.65 bits per heavy atom. The molecule has 1 amide bonds. The van der Waals surface area contributed by atoms with Crippen molar-refractivity contribution in [1.82, 2.24) is 4.98 Å². The van der Waals surface area contributed by atoms with Crippen LogP contribution in [0.4, 0.5) is 5.69 Å². The van der Waals surface area contributed by atoms with Gasteiger partial charge in [0.2, 0.25) is 0 Å². The predicted molar refractivity (Wildman–Crippen MR) is 106 cm³/mol. The van der Waals surface area contributed by atoms with Gasteiger partial charge in [-0.15, -0.1) is 11.3 Å². The third kappa shape index (κ3) is 3.88. The van der Waals surface area contributed by atoms with Crippen molar-refractivity contribution in [2.75, 3.05) is 5.32 Å². The summed E-state index contributed by atoms with van der Waals surface area (Å²) < 4.78 is 0. The highest BCUT2D eigenvalue weighted by molar-refractivity contribution is 7.10. The number of aryl methyl sites for hydroxylation is 1. The van der Waals surface area contributed by atoms with Gasteiger partial charge in [0, 0.05) is 16.6 Å². The second-order valence-electron chi connectivity index (χ2n) is 5.81. The van der Waals surface area contributed by atoms with Gasteiger partial charge in [-0.3, -0.25) is 4.79 Å².